The van der Waals surface area contributed by atoms with E-state index >= 15 is 0 Å². The van der Waals surface area contributed by atoms with Crippen LogP contribution in [0.4, 0.5) is 10.1 Å². The van der Waals surface area contributed by atoms with E-state index in [9.17, 15) is 9.18 Å². The number of likely N-dealkylation sites (tertiary alicyclic amines) is 1. The van der Waals surface area contributed by atoms with Gasteiger partial charge in [0.15, 0.2) is 0 Å². The zero-order chi connectivity index (χ0) is 19.8. The third-order valence-corrected chi connectivity index (χ3v) is 4.80. The Morgan fingerprint density at radius 1 is 1.18 bits per heavy atom. The third-order valence-electron chi connectivity index (χ3n) is 4.80. The Kier molecular flexibility index (Phi) is 7.54. The lowest BCUT2D eigenvalue weighted by atomic mass is 10.0. The van der Waals surface area contributed by atoms with Crippen LogP contribution in [-0.4, -0.2) is 49.8 Å². The summed E-state index contributed by atoms with van der Waals surface area (Å²) in [5.74, 6) is -0.461. The fraction of sp³-hybridized carbons (Fsp3) is 0.409. The van der Waals surface area contributed by atoms with E-state index in [4.69, 9.17) is 9.47 Å². The van der Waals surface area contributed by atoms with E-state index < -0.39 is 6.04 Å². The maximum atomic E-state index is 13.1. The van der Waals surface area contributed by atoms with Crippen LogP contribution in [0.2, 0.25) is 0 Å². The molecule has 2 aromatic carbocycles. The van der Waals surface area contributed by atoms with E-state index in [-0.39, 0.29) is 17.8 Å². The van der Waals surface area contributed by atoms with Gasteiger partial charge in [-0.15, -0.1) is 0 Å². The van der Waals surface area contributed by atoms with Crippen molar-refractivity contribution in [2.45, 2.75) is 25.5 Å². The maximum absolute atomic E-state index is 13.1. The molecule has 1 heterocycles. The van der Waals surface area contributed by atoms with Crippen molar-refractivity contribution in [3.63, 3.8) is 0 Å². The summed E-state index contributed by atoms with van der Waals surface area (Å²) < 4.78 is 24.4. The van der Waals surface area contributed by atoms with E-state index in [2.05, 4.69) is 10.2 Å². The number of nitrogens with one attached hydrogen (secondary N) is 1. The van der Waals surface area contributed by atoms with Crippen molar-refractivity contribution in [2.24, 2.45) is 0 Å². The number of rotatable bonds is 9. The molecule has 5 nitrogen and oxygen atoms in total. The molecule has 1 N–H and O–H groups in total. The fourth-order valence-corrected chi connectivity index (χ4v) is 3.45. The Balaban J connectivity index is 1.68. The van der Waals surface area contributed by atoms with Crippen LogP contribution in [0.15, 0.2) is 54.6 Å². The lowest BCUT2D eigenvalue weighted by Crippen LogP contribution is -2.36. The second kappa shape index (κ2) is 10.3. The summed E-state index contributed by atoms with van der Waals surface area (Å²) in [7, 11) is 0. The number of amides is 1. The van der Waals surface area contributed by atoms with Gasteiger partial charge >= 0.3 is 0 Å². The molecule has 0 saturated carbocycles. The summed E-state index contributed by atoms with van der Waals surface area (Å²) in [4.78, 5) is 15.2. The normalized spacial score (nSPS) is 18.1. The van der Waals surface area contributed by atoms with Gasteiger partial charge in [-0.05, 0) is 43.2 Å². The highest BCUT2D eigenvalue weighted by molar-refractivity contribution is 5.95. The van der Waals surface area contributed by atoms with Gasteiger partial charge in [-0.25, -0.2) is 4.39 Å². The highest BCUT2D eigenvalue weighted by atomic mass is 19.1. The molecule has 6 heteroatoms. The molecule has 3 rings (SSSR count). The molecule has 1 aliphatic heterocycles. The second-order valence-electron chi connectivity index (χ2n) is 6.78. The van der Waals surface area contributed by atoms with Gasteiger partial charge in [0.2, 0.25) is 5.91 Å². The number of benzene rings is 2. The van der Waals surface area contributed by atoms with Crippen molar-refractivity contribution in [2.75, 3.05) is 38.2 Å². The highest BCUT2D eigenvalue weighted by Crippen LogP contribution is 2.28. The van der Waals surface area contributed by atoms with E-state index in [1.54, 1.807) is 12.1 Å². The van der Waals surface area contributed by atoms with Gasteiger partial charge < -0.3 is 14.8 Å². The van der Waals surface area contributed by atoms with Crippen LogP contribution in [0.3, 0.4) is 0 Å². The van der Waals surface area contributed by atoms with Crippen molar-refractivity contribution in [3.8, 4) is 0 Å². The molecule has 0 aromatic heterocycles. The molecule has 1 amide bonds. The molecule has 1 aliphatic rings. The Bertz CT molecular complexity index is 739. The Morgan fingerprint density at radius 2 is 1.93 bits per heavy atom. The summed E-state index contributed by atoms with van der Waals surface area (Å²) in [6.45, 7) is 5.24. The van der Waals surface area contributed by atoms with Crippen LogP contribution >= 0.6 is 0 Å². The lowest BCUT2D eigenvalue weighted by Gasteiger charge is -2.27. The number of nitrogens with zero attached hydrogens (tertiary/aromatic N) is 1. The summed E-state index contributed by atoms with van der Waals surface area (Å²) in [5.41, 5.74) is 1.51. The van der Waals surface area contributed by atoms with E-state index in [0.29, 0.717) is 32.1 Å². The van der Waals surface area contributed by atoms with Crippen molar-refractivity contribution < 1.29 is 18.7 Å². The molecule has 0 spiro atoms. The number of hydrogen-bond acceptors (Lipinski definition) is 4. The maximum Gasteiger partial charge on any atom is 0.246 e. The van der Waals surface area contributed by atoms with Gasteiger partial charge in [0.05, 0.1) is 19.3 Å². The quantitative estimate of drug-likeness (QED) is 0.669. The minimum Gasteiger partial charge on any atom is -0.379 e. The SMILES string of the molecule is CCOCCO[C@H]1CCN(C(C(=O)Nc2ccc(F)cc2)c2ccccc2)C1. The van der Waals surface area contributed by atoms with Gasteiger partial charge in [0.25, 0.3) is 0 Å². The first-order valence-corrected chi connectivity index (χ1v) is 9.72. The van der Waals surface area contributed by atoms with Gasteiger partial charge in [0, 0.05) is 25.4 Å². The van der Waals surface area contributed by atoms with Crippen molar-refractivity contribution >= 4 is 11.6 Å². The Morgan fingerprint density at radius 3 is 2.64 bits per heavy atom. The Hall–Kier alpha value is -2.28. The van der Waals surface area contributed by atoms with Gasteiger partial charge in [-0.2, -0.15) is 0 Å². The molecule has 150 valence electrons. The van der Waals surface area contributed by atoms with Gasteiger partial charge in [0.1, 0.15) is 11.9 Å². The van der Waals surface area contributed by atoms with Crippen LogP contribution < -0.4 is 5.32 Å². The van der Waals surface area contributed by atoms with Crippen LogP contribution in [-0.2, 0) is 14.3 Å². The molecule has 1 fully saturated rings. The number of halogens is 1. The van der Waals surface area contributed by atoms with E-state index in [1.807, 2.05) is 37.3 Å². The molecule has 0 aliphatic carbocycles. The van der Waals surface area contributed by atoms with E-state index in [0.717, 1.165) is 18.5 Å². The van der Waals surface area contributed by atoms with Crippen LogP contribution in [0.25, 0.3) is 0 Å². The average molecular weight is 386 g/mol. The number of carbonyl (C=O) groups excluding carboxylic acids is 1. The number of ether oxygens (including phenoxy) is 2. The zero-order valence-electron chi connectivity index (χ0n) is 16.1. The smallest absolute Gasteiger partial charge is 0.246 e. The van der Waals surface area contributed by atoms with Crippen LogP contribution in [0.1, 0.15) is 24.9 Å². The summed E-state index contributed by atoms with van der Waals surface area (Å²) in [5, 5.41) is 2.91. The molecule has 0 bridgehead atoms. The predicted octanol–water partition coefficient (Wildman–Crippen LogP) is 3.63. The largest absolute Gasteiger partial charge is 0.379 e. The van der Waals surface area contributed by atoms with Gasteiger partial charge in [-0.1, -0.05) is 30.3 Å². The minimum atomic E-state index is -0.424. The van der Waals surface area contributed by atoms with Crippen LogP contribution in [0.5, 0.6) is 0 Å². The molecule has 28 heavy (non-hydrogen) atoms. The van der Waals surface area contributed by atoms with Crippen LogP contribution in [0, 0.1) is 5.82 Å². The topological polar surface area (TPSA) is 50.8 Å². The average Bonchev–Trinajstić information content (AvgIpc) is 3.16. The molecular weight excluding hydrogens is 359 g/mol. The molecular formula is C22H27FN2O3. The first-order chi connectivity index (χ1) is 13.7. The van der Waals surface area contributed by atoms with E-state index in [1.165, 1.54) is 12.1 Å². The summed E-state index contributed by atoms with van der Waals surface area (Å²) >= 11 is 0. The lowest BCUT2D eigenvalue weighted by molar-refractivity contribution is -0.121. The zero-order valence-corrected chi connectivity index (χ0v) is 16.1. The highest BCUT2D eigenvalue weighted by Gasteiger charge is 2.34. The third kappa shape index (κ3) is 5.61. The monoisotopic (exact) mass is 386 g/mol. The standard InChI is InChI=1S/C22H27FN2O3/c1-2-27-14-15-28-20-12-13-25(16-20)21(17-6-4-3-5-7-17)22(26)24-19-10-8-18(23)9-11-19/h3-11,20-21H,2,12-16H2,1H3,(H,24,26)/t20-,21?/m0/s1. The predicted molar refractivity (Wildman–Crippen MR) is 107 cm³/mol. The van der Waals surface area contributed by atoms with Crippen molar-refractivity contribution in [3.05, 3.63) is 66.0 Å². The molecule has 2 aromatic rings. The number of carbonyl (C=O) groups is 1. The first kappa shape index (κ1) is 20.5. The Labute approximate surface area is 165 Å². The molecule has 1 unspecified atom stereocenters. The van der Waals surface area contributed by atoms with Crippen molar-refractivity contribution in [1.82, 2.24) is 4.90 Å². The second-order valence-corrected chi connectivity index (χ2v) is 6.78. The summed E-state index contributed by atoms with van der Waals surface area (Å²) in [6, 6.07) is 15.1. The molecule has 0 radical (unpaired) electrons. The first-order valence-electron chi connectivity index (χ1n) is 9.72. The van der Waals surface area contributed by atoms with Crippen molar-refractivity contribution in [1.29, 1.82) is 0 Å². The summed E-state index contributed by atoms with van der Waals surface area (Å²) in [6.07, 6.45) is 0.963. The number of anilines is 1. The minimum absolute atomic E-state index is 0.0882. The molecule has 2 atom stereocenters. The van der Waals surface area contributed by atoms with Gasteiger partial charge in [-0.3, -0.25) is 9.69 Å². The molecule has 1 saturated heterocycles. The fourth-order valence-electron chi connectivity index (χ4n) is 3.45. The number of hydrogen-bond donors (Lipinski definition) is 1.